The zero-order chi connectivity index (χ0) is 18.7. The Balaban J connectivity index is 1.66. The molecule has 0 aliphatic heterocycles. The van der Waals surface area contributed by atoms with Crippen molar-refractivity contribution in [1.29, 1.82) is 0 Å². The predicted octanol–water partition coefficient (Wildman–Crippen LogP) is 2.39. The van der Waals surface area contributed by atoms with Crippen LogP contribution in [-0.4, -0.2) is 25.4 Å². The van der Waals surface area contributed by atoms with Crippen molar-refractivity contribution in [2.24, 2.45) is 0 Å². The van der Waals surface area contributed by atoms with Gasteiger partial charge in [0.2, 0.25) is 10.0 Å². The Morgan fingerprint density at radius 2 is 1.81 bits per heavy atom. The van der Waals surface area contributed by atoms with Gasteiger partial charge < -0.3 is 4.74 Å². The highest BCUT2D eigenvalue weighted by Crippen LogP contribution is 2.23. The Kier molecular flexibility index (Phi) is 5.01. The summed E-state index contributed by atoms with van der Waals surface area (Å²) in [7, 11) is -3.59. The number of rotatable bonds is 7. The number of hydrogen-bond donors (Lipinski definition) is 1. The molecule has 8 nitrogen and oxygen atoms in total. The molecule has 1 aliphatic rings. The second-order valence-corrected chi connectivity index (χ2v) is 7.60. The maximum Gasteiger partial charge on any atom is 0.338 e. The molecule has 1 N–H and O–H groups in total. The summed E-state index contributed by atoms with van der Waals surface area (Å²) in [4.78, 5) is 22.6. The van der Waals surface area contributed by atoms with Gasteiger partial charge in [0.15, 0.2) is 0 Å². The first-order valence-electron chi connectivity index (χ1n) is 7.88. The van der Waals surface area contributed by atoms with Crippen LogP contribution in [0.2, 0.25) is 0 Å². The van der Waals surface area contributed by atoms with Gasteiger partial charge in [0, 0.05) is 12.1 Å². The Morgan fingerprint density at radius 1 is 1.15 bits per heavy atom. The van der Waals surface area contributed by atoms with Crippen LogP contribution in [0.15, 0.2) is 53.4 Å². The van der Waals surface area contributed by atoms with Crippen LogP contribution >= 0.6 is 0 Å². The summed E-state index contributed by atoms with van der Waals surface area (Å²) in [5.41, 5.74) is 0.306. The molecule has 0 bridgehead atoms. The van der Waals surface area contributed by atoms with E-state index < -0.39 is 20.9 Å². The van der Waals surface area contributed by atoms with Gasteiger partial charge in [-0.1, -0.05) is 12.1 Å². The lowest BCUT2D eigenvalue weighted by Crippen LogP contribution is -2.25. The Morgan fingerprint density at radius 3 is 2.42 bits per heavy atom. The van der Waals surface area contributed by atoms with Crippen LogP contribution in [-0.2, 0) is 21.4 Å². The number of para-hydroxylation sites is 1. The maximum absolute atomic E-state index is 12.1. The molecule has 0 atom stereocenters. The van der Waals surface area contributed by atoms with Crippen molar-refractivity contribution in [3.05, 3.63) is 69.8 Å². The van der Waals surface area contributed by atoms with Crippen molar-refractivity contribution in [2.45, 2.75) is 30.4 Å². The minimum Gasteiger partial charge on any atom is -0.457 e. The van der Waals surface area contributed by atoms with Gasteiger partial charge in [0.25, 0.3) is 5.69 Å². The number of sulfonamides is 1. The fourth-order valence-electron chi connectivity index (χ4n) is 2.30. The fourth-order valence-corrected chi connectivity index (χ4v) is 3.60. The predicted molar refractivity (Wildman–Crippen MR) is 92.0 cm³/mol. The average Bonchev–Trinajstić information content (AvgIpc) is 3.43. The molecule has 0 unspecified atom stereocenters. The van der Waals surface area contributed by atoms with E-state index in [1.54, 1.807) is 6.07 Å². The van der Waals surface area contributed by atoms with E-state index in [0.29, 0.717) is 0 Å². The Bertz CT molecular complexity index is 936. The number of hydrogen-bond acceptors (Lipinski definition) is 6. The van der Waals surface area contributed by atoms with Crippen molar-refractivity contribution in [3.63, 3.8) is 0 Å². The Hall–Kier alpha value is -2.78. The molecular weight excluding hydrogens is 360 g/mol. The number of benzene rings is 2. The number of ether oxygens (including phenoxy) is 1. The van der Waals surface area contributed by atoms with Gasteiger partial charge in [-0.15, -0.1) is 0 Å². The first-order chi connectivity index (χ1) is 12.4. The molecule has 1 fully saturated rings. The van der Waals surface area contributed by atoms with Crippen molar-refractivity contribution in [2.75, 3.05) is 0 Å². The van der Waals surface area contributed by atoms with Crippen LogP contribution in [0.4, 0.5) is 5.69 Å². The number of carbonyl (C=O) groups excluding carboxylic acids is 1. The van der Waals surface area contributed by atoms with E-state index in [9.17, 15) is 23.3 Å². The van der Waals surface area contributed by atoms with E-state index in [1.165, 1.54) is 42.5 Å². The number of nitro benzene ring substituents is 1. The lowest BCUT2D eigenvalue weighted by Gasteiger charge is -2.08. The van der Waals surface area contributed by atoms with E-state index in [2.05, 4.69) is 4.72 Å². The van der Waals surface area contributed by atoms with Gasteiger partial charge in [0.1, 0.15) is 6.61 Å². The first-order valence-corrected chi connectivity index (χ1v) is 9.37. The van der Waals surface area contributed by atoms with Crippen LogP contribution in [0.3, 0.4) is 0 Å². The molecule has 1 aliphatic carbocycles. The van der Waals surface area contributed by atoms with E-state index in [1.807, 2.05) is 0 Å². The number of nitrogens with one attached hydrogen (secondary N) is 1. The smallest absolute Gasteiger partial charge is 0.338 e. The van der Waals surface area contributed by atoms with Crippen LogP contribution < -0.4 is 4.72 Å². The highest BCUT2D eigenvalue weighted by molar-refractivity contribution is 7.89. The third-order valence-electron chi connectivity index (χ3n) is 3.85. The fraction of sp³-hybridized carbons (Fsp3) is 0.235. The zero-order valence-corrected chi connectivity index (χ0v) is 14.4. The molecule has 1 saturated carbocycles. The quantitative estimate of drug-likeness (QED) is 0.451. The minimum atomic E-state index is -3.59. The van der Waals surface area contributed by atoms with Crippen molar-refractivity contribution < 1.29 is 22.9 Å². The highest BCUT2D eigenvalue weighted by atomic mass is 32.2. The van der Waals surface area contributed by atoms with E-state index in [-0.39, 0.29) is 34.4 Å². The van der Waals surface area contributed by atoms with E-state index in [4.69, 9.17) is 4.74 Å². The van der Waals surface area contributed by atoms with Gasteiger partial charge in [-0.05, 0) is 43.2 Å². The topological polar surface area (TPSA) is 116 Å². The van der Waals surface area contributed by atoms with Gasteiger partial charge in [-0.2, -0.15) is 0 Å². The Labute approximate surface area is 150 Å². The molecule has 0 amide bonds. The lowest BCUT2D eigenvalue weighted by molar-refractivity contribution is -0.385. The molecule has 9 heteroatoms. The van der Waals surface area contributed by atoms with E-state index >= 15 is 0 Å². The van der Waals surface area contributed by atoms with Gasteiger partial charge in [-0.25, -0.2) is 17.9 Å². The number of nitro groups is 1. The number of nitrogens with zero attached hydrogens (tertiary/aromatic N) is 1. The molecule has 0 radical (unpaired) electrons. The molecule has 3 rings (SSSR count). The SMILES string of the molecule is O=C(OCc1ccccc1[N+](=O)[O-])c1ccc(S(=O)(=O)NC2CC2)cc1. The first kappa shape index (κ1) is 18.0. The molecule has 0 saturated heterocycles. The molecule has 2 aromatic rings. The summed E-state index contributed by atoms with van der Waals surface area (Å²) in [6, 6.07) is 11.3. The van der Waals surface area contributed by atoms with Crippen LogP contribution in [0.25, 0.3) is 0 Å². The molecule has 2 aromatic carbocycles. The third kappa shape index (κ3) is 4.24. The van der Waals surface area contributed by atoms with Crippen LogP contribution in [0.5, 0.6) is 0 Å². The highest BCUT2D eigenvalue weighted by Gasteiger charge is 2.28. The molecule has 26 heavy (non-hydrogen) atoms. The summed E-state index contributed by atoms with van der Waals surface area (Å²) in [6.07, 6.45) is 1.66. The van der Waals surface area contributed by atoms with Crippen LogP contribution in [0.1, 0.15) is 28.8 Å². The largest absolute Gasteiger partial charge is 0.457 e. The molecule has 0 heterocycles. The standard InChI is InChI=1S/C17H16N2O6S/c20-17(25-11-13-3-1-2-4-16(13)19(21)22)12-5-9-15(10-6-12)26(23,24)18-14-7-8-14/h1-6,9-10,14,18H,7-8,11H2. The number of carbonyl (C=O) groups is 1. The van der Waals surface area contributed by atoms with Crippen LogP contribution in [0, 0.1) is 10.1 Å². The second kappa shape index (κ2) is 7.22. The molecular formula is C17H16N2O6S. The summed E-state index contributed by atoms with van der Waals surface area (Å²) in [6.45, 7) is -0.251. The monoisotopic (exact) mass is 376 g/mol. The van der Waals surface area contributed by atoms with E-state index in [0.717, 1.165) is 12.8 Å². The lowest BCUT2D eigenvalue weighted by atomic mass is 10.2. The van der Waals surface area contributed by atoms with Gasteiger partial charge in [-0.3, -0.25) is 10.1 Å². The molecule has 0 spiro atoms. The average molecular weight is 376 g/mol. The van der Waals surface area contributed by atoms with Gasteiger partial charge in [0.05, 0.1) is 20.9 Å². The second-order valence-electron chi connectivity index (χ2n) is 5.88. The molecule has 0 aromatic heterocycles. The summed E-state index contributed by atoms with van der Waals surface area (Å²) >= 11 is 0. The zero-order valence-electron chi connectivity index (χ0n) is 13.6. The maximum atomic E-state index is 12.1. The summed E-state index contributed by atoms with van der Waals surface area (Å²) in [5, 5.41) is 11.0. The molecule has 136 valence electrons. The number of esters is 1. The van der Waals surface area contributed by atoms with Crippen molar-refractivity contribution in [1.82, 2.24) is 4.72 Å². The summed E-state index contributed by atoms with van der Waals surface area (Å²) < 4.78 is 31.8. The third-order valence-corrected chi connectivity index (χ3v) is 5.38. The normalized spacial score (nSPS) is 14.0. The van der Waals surface area contributed by atoms with Crippen molar-refractivity contribution in [3.8, 4) is 0 Å². The van der Waals surface area contributed by atoms with Gasteiger partial charge >= 0.3 is 5.97 Å². The summed E-state index contributed by atoms with van der Waals surface area (Å²) in [5.74, 6) is -0.692. The minimum absolute atomic E-state index is 0.00805. The van der Waals surface area contributed by atoms with Crippen molar-refractivity contribution >= 4 is 21.7 Å².